The van der Waals surface area contributed by atoms with E-state index in [1.165, 1.54) is 6.42 Å². The molecular weight excluding hydrogens is 352 g/mol. The predicted molar refractivity (Wildman–Crippen MR) is 111 cm³/mol. The van der Waals surface area contributed by atoms with Crippen molar-refractivity contribution in [1.82, 2.24) is 14.7 Å². The van der Waals surface area contributed by atoms with Gasteiger partial charge in [-0.05, 0) is 30.7 Å². The number of nitrogens with zero attached hydrogens (tertiary/aromatic N) is 3. The van der Waals surface area contributed by atoms with E-state index in [0.29, 0.717) is 31.5 Å². The number of piperidine rings is 1. The van der Waals surface area contributed by atoms with Crippen LogP contribution in [-0.2, 0) is 9.59 Å². The SMILES string of the molecule is Cc1ccc(C(N)C(=O)N2CCN(CC(=O)N3CC(C)CC(C)C3)CC2)cc1. The molecule has 2 aliphatic rings. The molecular formula is C22H34N4O2. The van der Waals surface area contributed by atoms with Crippen molar-refractivity contribution in [2.24, 2.45) is 17.6 Å². The number of rotatable bonds is 4. The number of likely N-dealkylation sites (tertiary alicyclic amines) is 1. The summed E-state index contributed by atoms with van der Waals surface area (Å²) in [7, 11) is 0. The van der Waals surface area contributed by atoms with Gasteiger partial charge in [0.25, 0.3) is 0 Å². The first-order chi connectivity index (χ1) is 13.3. The third-order valence-electron chi connectivity index (χ3n) is 5.97. The van der Waals surface area contributed by atoms with Crippen LogP contribution in [0, 0.1) is 18.8 Å². The van der Waals surface area contributed by atoms with Crippen molar-refractivity contribution in [3.05, 3.63) is 35.4 Å². The Morgan fingerprint density at radius 3 is 2.14 bits per heavy atom. The van der Waals surface area contributed by atoms with Crippen molar-refractivity contribution in [1.29, 1.82) is 0 Å². The Morgan fingerprint density at radius 2 is 1.57 bits per heavy atom. The third kappa shape index (κ3) is 5.11. The normalized spacial score (nSPS) is 24.9. The molecule has 0 spiro atoms. The van der Waals surface area contributed by atoms with E-state index in [2.05, 4.69) is 18.7 Å². The van der Waals surface area contributed by atoms with Crippen molar-refractivity contribution in [2.45, 2.75) is 33.2 Å². The second-order valence-corrected chi connectivity index (χ2v) is 8.73. The summed E-state index contributed by atoms with van der Waals surface area (Å²) in [5, 5.41) is 0. The number of piperazine rings is 1. The fraction of sp³-hybridized carbons (Fsp3) is 0.636. The lowest BCUT2D eigenvalue weighted by Gasteiger charge is -2.38. The summed E-state index contributed by atoms with van der Waals surface area (Å²) >= 11 is 0. The average Bonchev–Trinajstić information content (AvgIpc) is 2.67. The zero-order chi connectivity index (χ0) is 20.3. The quantitative estimate of drug-likeness (QED) is 0.854. The van der Waals surface area contributed by atoms with Crippen LogP contribution in [0.1, 0.15) is 37.4 Å². The molecule has 6 heteroatoms. The minimum absolute atomic E-state index is 0.0338. The van der Waals surface area contributed by atoms with Gasteiger partial charge in [-0.3, -0.25) is 14.5 Å². The number of hydrogen-bond acceptors (Lipinski definition) is 4. The first-order valence-corrected chi connectivity index (χ1v) is 10.4. The lowest BCUT2D eigenvalue weighted by molar-refractivity contribution is -0.137. The second-order valence-electron chi connectivity index (χ2n) is 8.73. The van der Waals surface area contributed by atoms with Crippen LogP contribution in [0.5, 0.6) is 0 Å². The highest BCUT2D eigenvalue weighted by molar-refractivity contribution is 5.83. The van der Waals surface area contributed by atoms with Crippen LogP contribution in [0.15, 0.2) is 24.3 Å². The summed E-state index contributed by atoms with van der Waals surface area (Å²) < 4.78 is 0. The van der Waals surface area contributed by atoms with Crippen molar-refractivity contribution < 1.29 is 9.59 Å². The summed E-state index contributed by atoms with van der Waals surface area (Å²) in [6.07, 6.45) is 1.20. The molecule has 28 heavy (non-hydrogen) atoms. The molecule has 0 aliphatic carbocycles. The van der Waals surface area contributed by atoms with Crippen molar-refractivity contribution in [2.75, 3.05) is 45.8 Å². The summed E-state index contributed by atoms with van der Waals surface area (Å²) in [6, 6.07) is 7.19. The molecule has 2 N–H and O–H groups in total. The van der Waals surface area contributed by atoms with E-state index in [9.17, 15) is 9.59 Å². The average molecular weight is 387 g/mol. The zero-order valence-electron chi connectivity index (χ0n) is 17.4. The maximum Gasteiger partial charge on any atom is 0.244 e. The Bertz CT molecular complexity index is 672. The Kier molecular flexibility index (Phi) is 6.73. The van der Waals surface area contributed by atoms with Gasteiger partial charge in [0.1, 0.15) is 6.04 Å². The monoisotopic (exact) mass is 386 g/mol. The molecule has 2 fully saturated rings. The molecule has 3 unspecified atom stereocenters. The van der Waals surface area contributed by atoms with Crippen LogP contribution in [0.25, 0.3) is 0 Å². The van der Waals surface area contributed by atoms with E-state index >= 15 is 0 Å². The van der Waals surface area contributed by atoms with Gasteiger partial charge in [-0.25, -0.2) is 0 Å². The molecule has 1 aromatic carbocycles. The fourth-order valence-corrected chi connectivity index (χ4v) is 4.40. The van der Waals surface area contributed by atoms with Crippen molar-refractivity contribution >= 4 is 11.8 Å². The number of carbonyl (C=O) groups excluding carboxylic acids is 2. The highest BCUT2D eigenvalue weighted by Crippen LogP contribution is 2.21. The van der Waals surface area contributed by atoms with Gasteiger partial charge >= 0.3 is 0 Å². The van der Waals surface area contributed by atoms with E-state index in [-0.39, 0.29) is 11.8 Å². The lowest BCUT2D eigenvalue weighted by atomic mass is 9.92. The lowest BCUT2D eigenvalue weighted by Crippen LogP contribution is -2.54. The van der Waals surface area contributed by atoms with Gasteiger partial charge in [-0.15, -0.1) is 0 Å². The Balaban J connectivity index is 1.48. The van der Waals surface area contributed by atoms with Crippen LogP contribution >= 0.6 is 0 Å². The maximum absolute atomic E-state index is 12.7. The first kappa shape index (κ1) is 20.8. The predicted octanol–water partition coefficient (Wildman–Crippen LogP) is 1.64. The number of aryl methyl sites for hydroxylation is 1. The van der Waals surface area contributed by atoms with Crippen LogP contribution in [0.4, 0.5) is 0 Å². The van der Waals surface area contributed by atoms with Gasteiger partial charge in [-0.1, -0.05) is 43.7 Å². The van der Waals surface area contributed by atoms with Crippen LogP contribution in [0.3, 0.4) is 0 Å². The van der Waals surface area contributed by atoms with Crippen LogP contribution < -0.4 is 5.73 Å². The summed E-state index contributed by atoms with van der Waals surface area (Å²) in [6.45, 7) is 11.3. The van der Waals surface area contributed by atoms with Crippen LogP contribution in [0.2, 0.25) is 0 Å². The number of amides is 2. The number of benzene rings is 1. The largest absolute Gasteiger partial charge is 0.341 e. The Morgan fingerprint density at radius 1 is 1.00 bits per heavy atom. The number of carbonyl (C=O) groups is 2. The van der Waals surface area contributed by atoms with Gasteiger partial charge in [0, 0.05) is 39.3 Å². The second kappa shape index (κ2) is 9.05. The molecule has 6 nitrogen and oxygen atoms in total. The summed E-state index contributed by atoms with van der Waals surface area (Å²) in [4.78, 5) is 31.4. The van der Waals surface area contributed by atoms with Gasteiger partial charge < -0.3 is 15.5 Å². The highest BCUT2D eigenvalue weighted by Gasteiger charge is 2.29. The van der Waals surface area contributed by atoms with Gasteiger partial charge in [0.05, 0.1) is 6.54 Å². The molecule has 2 saturated heterocycles. The molecule has 3 rings (SSSR count). The molecule has 0 radical (unpaired) electrons. The highest BCUT2D eigenvalue weighted by atomic mass is 16.2. The van der Waals surface area contributed by atoms with Gasteiger partial charge in [-0.2, -0.15) is 0 Å². The number of hydrogen-bond donors (Lipinski definition) is 1. The first-order valence-electron chi connectivity index (χ1n) is 10.4. The molecule has 2 heterocycles. The Hall–Kier alpha value is -1.92. The van der Waals surface area contributed by atoms with Gasteiger partial charge in [0.2, 0.25) is 11.8 Å². The van der Waals surface area contributed by atoms with Crippen LogP contribution in [-0.4, -0.2) is 72.3 Å². The van der Waals surface area contributed by atoms with E-state index in [4.69, 9.17) is 5.73 Å². The van der Waals surface area contributed by atoms with E-state index in [1.807, 2.05) is 41.0 Å². The standard InChI is InChI=1S/C22H34N4O2/c1-16-4-6-19(7-5-16)21(23)22(28)25-10-8-24(9-11-25)15-20(27)26-13-17(2)12-18(3)14-26/h4-7,17-18,21H,8-15,23H2,1-3H3. The summed E-state index contributed by atoms with van der Waals surface area (Å²) in [5.74, 6) is 1.33. The fourth-order valence-electron chi connectivity index (χ4n) is 4.40. The topological polar surface area (TPSA) is 69.9 Å². The number of nitrogens with two attached hydrogens (primary N) is 1. The van der Waals surface area contributed by atoms with Crippen molar-refractivity contribution in [3.63, 3.8) is 0 Å². The molecule has 0 saturated carbocycles. The van der Waals surface area contributed by atoms with E-state index in [1.54, 1.807) is 0 Å². The maximum atomic E-state index is 12.7. The zero-order valence-corrected chi connectivity index (χ0v) is 17.4. The Labute approximate surface area is 168 Å². The molecule has 2 aliphatic heterocycles. The summed E-state index contributed by atoms with van der Waals surface area (Å²) in [5.41, 5.74) is 8.19. The molecule has 154 valence electrons. The van der Waals surface area contributed by atoms with Crippen molar-refractivity contribution in [3.8, 4) is 0 Å². The minimum Gasteiger partial charge on any atom is -0.341 e. The van der Waals surface area contributed by atoms with E-state index in [0.717, 1.165) is 37.3 Å². The molecule has 0 bridgehead atoms. The molecule has 3 atom stereocenters. The minimum atomic E-state index is -0.620. The smallest absolute Gasteiger partial charge is 0.244 e. The third-order valence-corrected chi connectivity index (χ3v) is 5.97. The van der Waals surface area contributed by atoms with Gasteiger partial charge in [0.15, 0.2) is 0 Å². The molecule has 0 aromatic heterocycles. The molecule has 1 aromatic rings. The molecule has 2 amide bonds. The van der Waals surface area contributed by atoms with E-state index < -0.39 is 6.04 Å².